The van der Waals surface area contributed by atoms with Crippen molar-refractivity contribution in [2.45, 2.75) is 13.0 Å². The highest BCUT2D eigenvalue weighted by atomic mass is 16.4. The summed E-state index contributed by atoms with van der Waals surface area (Å²) in [5, 5.41) is 15.4. The second-order valence-corrected chi connectivity index (χ2v) is 4.05. The highest BCUT2D eigenvalue weighted by molar-refractivity contribution is 5.93. The zero-order valence-electron chi connectivity index (χ0n) is 10.3. The van der Waals surface area contributed by atoms with E-state index in [0.29, 0.717) is 5.69 Å². The molecule has 0 saturated heterocycles. The van der Waals surface area contributed by atoms with Crippen molar-refractivity contribution in [1.82, 2.24) is 9.78 Å². The van der Waals surface area contributed by atoms with Gasteiger partial charge in [0.25, 0.3) is 0 Å². The van der Waals surface area contributed by atoms with Gasteiger partial charge in [-0.15, -0.1) is 0 Å². The van der Waals surface area contributed by atoms with E-state index in [9.17, 15) is 9.59 Å². The first-order valence-corrected chi connectivity index (χ1v) is 5.71. The van der Waals surface area contributed by atoms with Crippen molar-refractivity contribution in [3.8, 4) is 0 Å². The molecule has 2 aromatic rings. The van der Waals surface area contributed by atoms with Crippen LogP contribution in [0.2, 0.25) is 0 Å². The number of carboxylic acid groups (broad SMARTS) is 1. The molecule has 0 saturated carbocycles. The van der Waals surface area contributed by atoms with Crippen molar-refractivity contribution >= 4 is 17.6 Å². The van der Waals surface area contributed by atoms with E-state index >= 15 is 0 Å². The highest BCUT2D eigenvalue weighted by Gasteiger charge is 2.17. The van der Waals surface area contributed by atoms with Crippen LogP contribution < -0.4 is 5.32 Å². The van der Waals surface area contributed by atoms with Gasteiger partial charge in [0.15, 0.2) is 0 Å². The number of benzene rings is 1. The Hall–Kier alpha value is -2.63. The topological polar surface area (TPSA) is 84.2 Å². The number of carbonyl (C=O) groups excluding carboxylic acids is 1. The third kappa shape index (κ3) is 2.98. The van der Waals surface area contributed by atoms with Gasteiger partial charge in [0, 0.05) is 11.9 Å². The van der Waals surface area contributed by atoms with E-state index in [1.165, 1.54) is 17.1 Å². The summed E-state index contributed by atoms with van der Waals surface area (Å²) < 4.78 is 1.32. The van der Waals surface area contributed by atoms with E-state index in [1.54, 1.807) is 19.1 Å². The number of aromatic nitrogens is 2. The third-order valence-electron chi connectivity index (χ3n) is 2.67. The first kappa shape index (κ1) is 12.8. The Kier molecular flexibility index (Phi) is 3.61. The zero-order valence-corrected chi connectivity index (χ0v) is 10.3. The van der Waals surface area contributed by atoms with E-state index in [0.717, 1.165) is 0 Å². The molecule has 0 spiro atoms. The summed E-state index contributed by atoms with van der Waals surface area (Å²) in [5.74, 6) is -1.33. The number of rotatable bonds is 4. The molecule has 0 aliphatic carbocycles. The van der Waals surface area contributed by atoms with E-state index in [1.807, 2.05) is 18.2 Å². The third-order valence-corrected chi connectivity index (χ3v) is 2.67. The molecule has 0 bridgehead atoms. The molecule has 1 heterocycles. The molecule has 2 rings (SSSR count). The van der Waals surface area contributed by atoms with Gasteiger partial charge in [-0.1, -0.05) is 18.2 Å². The lowest BCUT2D eigenvalue weighted by Crippen LogP contribution is -2.24. The van der Waals surface area contributed by atoms with Crippen LogP contribution in [0, 0.1) is 0 Å². The molecular formula is C13H13N3O3. The number of hydrogen-bond donors (Lipinski definition) is 2. The van der Waals surface area contributed by atoms with E-state index in [-0.39, 0.29) is 11.5 Å². The van der Waals surface area contributed by atoms with Crippen LogP contribution in [0.5, 0.6) is 0 Å². The van der Waals surface area contributed by atoms with Gasteiger partial charge in [0.05, 0.1) is 11.8 Å². The Labute approximate surface area is 109 Å². The van der Waals surface area contributed by atoms with Gasteiger partial charge >= 0.3 is 5.97 Å². The molecule has 1 aromatic heterocycles. The molecule has 0 radical (unpaired) electrons. The summed E-state index contributed by atoms with van der Waals surface area (Å²) in [5.41, 5.74) is 0.740. The number of para-hydroxylation sites is 1. The maximum Gasteiger partial charge on any atom is 0.338 e. The fourth-order valence-electron chi connectivity index (χ4n) is 1.55. The molecule has 1 amide bonds. The molecule has 1 aromatic carbocycles. The molecule has 98 valence electrons. The maximum atomic E-state index is 12.0. The summed E-state index contributed by atoms with van der Waals surface area (Å²) in [6.45, 7) is 1.65. The van der Waals surface area contributed by atoms with Crippen molar-refractivity contribution in [3.05, 3.63) is 48.3 Å². The molecule has 0 aliphatic heterocycles. The van der Waals surface area contributed by atoms with Gasteiger partial charge < -0.3 is 10.4 Å². The minimum atomic E-state index is -1.07. The lowest BCUT2D eigenvalue weighted by Gasteiger charge is -2.12. The number of nitrogens with one attached hydrogen (secondary N) is 1. The lowest BCUT2D eigenvalue weighted by atomic mass is 10.2. The van der Waals surface area contributed by atoms with Gasteiger partial charge in [-0.2, -0.15) is 5.10 Å². The number of carbonyl (C=O) groups is 2. The Bertz CT molecular complexity index is 592. The Morgan fingerprint density at radius 3 is 2.58 bits per heavy atom. The quantitative estimate of drug-likeness (QED) is 0.876. The Morgan fingerprint density at radius 2 is 2.00 bits per heavy atom. The zero-order chi connectivity index (χ0) is 13.8. The average Bonchev–Trinajstić information content (AvgIpc) is 2.88. The highest BCUT2D eigenvalue weighted by Crippen LogP contribution is 2.11. The first-order valence-electron chi connectivity index (χ1n) is 5.71. The number of amides is 1. The minimum Gasteiger partial charge on any atom is -0.478 e. The molecule has 0 fully saturated rings. The molecular weight excluding hydrogens is 246 g/mol. The maximum absolute atomic E-state index is 12.0. The number of aromatic carboxylic acids is 1. The number of hydrogen-bond acceptors (Lipinski definition) is 3. The van der Waals surface area contributed by atoms with Crippen molar-refractivity contribution < 1.29 is 14.7 Å². The van der Waals surface area contributed by atoms with Crippen LogP contribution in [0.1, 0.15) is 23.3 Å². The fraction of sp³-hybridized carbons (Fsp3) is 0.154. The van der Waals surface area contributed by atoms with Crippen LogP contribution in [0.3, 0.4) is 0 Å². The van der Waals surface area contributed by atoms with Gasteiger partial charge in [0.2, 0.25) is 5.91 Å². The second-order valence-electron chi connectivity index (χ2n) is 4.05. The average molecular weight is 259 g/mol. The normalized spacial score (nSPS) is 11.8. The largest absolute Gasteiger partial charge is 0.478 e. The van der Waals surface area contributed by atoms with Crippen LogP contribution in [0.4, 0.5) is 5.69 Å². The molecule has 6 heteroatoms. The summed E-state index contributed by atoms with van der Waals surface area (Å²) >= 11 is 0. The Balaban J connectivity index is 2.08. The van der Waals surface area contributed by atoms with Gasteiger partial charge in [0.1, 0.15) is 6.04 Å². The molecule has 6 nitrogen and oxygen atoms in total. The van der Waals surface area contributed by atoms with E-state index in [2.05, 4.69) is 10.4 Å². The number of nitrogens with zero attached hydrogens (tertiary/aromatic N) is 2. The second kappa shape index (κ2) is 5.34. The van der Waals surface area contributed by atoms with Crippen molar-refractivity contribution in [3.63, 3.8) is 0 Å². The number of anilines is 1. The molecule has 0 aliphatic rings. The van der Waals surface area contributed by atoms with Gasteiger partial charge in [-0.3, -0.25) is 9.48 Å². The molecule has 2 N–H and O–H groups in total. The van der Waals surface area contributed by atoms with E-state index < -0.39 is 12.0 Å². The molecule has 1 unspecified atom stereocenters. The van der Waals surface area contributed by atoms with Gasteiger partial charge in [-0.25, -0.2) is 4.79 Å². The minimum absolute atomic E-state index is 0.0550. The number of carboxylic acids is 1. The molecule has 1 atom stereocenters. The van der Waals surface area contributed by atoms with Crippen LogP contribution in [0.25, 0.3) is 0 Å². The smallest absolute Gasteiger partial charge is 0.338 e. The Morgan fingerprint density at radius 1 is 1.32 bits per heavy atom. The predicted octanol–water partition coefficient (Wildman–Crippen LogP) is 1.78. The van der Waals surface area contributed by atoms with Crippen molar-refractivity contribution in [2.24, 2.45) is 0 Å². The monoisotopic (exact) mass is 259 g/mol. The summed E-state index contributed by atoms with van der Waals surface area (Å²) in [6.07, 6.45) is 2.55. The van der Waals surface area contributed by atoms with Crippen LogP contribution >= 0.6 is 0 Å². The standard InChI is InChI=1S/C13H13N3O3/c1-9(16-8-10(7-14-16)13(18)19)12(17)15-11-5-3-2-4-6-11/h2-9H,1H3,(H,15,17)(H,18,19). The predicted molar refractivity (Wildman–Crippen MR) is 69.0 cm³/mol. The summed E-state index contributed by atoms with van der Waals surface area (Å²) in [7, 11) is 0. The van der Waals surface area contributed by atoms with Gasteiger partial charge in [-0.05, 0) is 19.1 Å². The lowest BCUT2D eigenvalue weighted by molar-refractivity contribution is -0.119. The van der Waals surface area contributed by atoms with Crippen LogP contribution in [-0.4, -0.2) is 26.8 Å². The summed E-state index contributed by atoms with van der Waals surface area (Å²) in [6, 6.07) is 8.44. The van der Waals surface area contributed by atoms with E-state index in [4.69, 9.17) is 5.11 Å². The van der Waals surface area contributed by atoms with Crippen molar-refractivity contribution in [2.75, 3.05) is 5.32 Å². The van der Waals surface area contributed by atoms with Crippen LogP contribution in [0.15, 0.2) is 42.7 Å². The fourth-order valence-corrected chi connectivity index (χ4v) is 1.55. The van der Waals surface area contributed by atoms with Crippen molar-refractivity contribution in [1.29, 1.82) is 0 Å². The summed E-state index contributed by atoms with van der Waals surface area (Å²) in [4.78, 5) is 22.7. The molecule has 19 heavy (non-hydrogen) atoms. The first-order chi connectivity index (χ1) is 9.08. The van der Waals surface area contributed by atoms with Crippen LogP contribution in [-0.2, 0) is 4.79 Å². The SMILES string of the molecule is CC(C(=O)Nc1ccccc1)n1cc(C(=O)O)cn1.